The molecule has 2 aromatic rings. The molecule has 6 nitrogen and oxygen atoms in total. The van der Waals surface area contributed by atoms with Crippen LogP contribution in [0.2, 0.25) is 0 Å². The Balaban J connectivity index is 1.81. The number of methoxy groups -OCH3 is 1. The molecule has 136 valence electrons. The van der Waals surface area contributed by atoms with E-state index < -0.39 is 5.60 Å². The molecule has 1 fully saturated rings. The molecule has 3 rings (SSSR count). The Labute approximate surface area is 149 Å². The van der Waals surface area contributed by atoms with E-state index in [9.17, 15) is 5.11 Å². The van der Waals surface area contributed by atoms with Gasteiger partial charge in [0.1, 0.15) is 23.0 Å². The zero-order valence-electron chi connectivity index (χ0n) is 15.6. The summed E-state index contributed by atoms with van der Waals surface area (Å²) in [6.45, 7) is 8.54. The fraction of sp³-hybridized carbons (Fsp3) is 0.579. The summed E-state index contributed by atoms with van der Waals surface area (Å²) in [4.78, 5) is 2.33. The minimum atomic E-state index is -0.922. The van der Waals surface area contributed by atoms with Gasteiger partial charge in [-0.3, -0.25) is 4.90 Å². The van der Waals surface area contributed by atoms with Crippen molar-refractivity contribution in [2.75, 3.05) is 13.7 Å². The molecular weight excluding hydrogens is 316 g/mol. The predicted octanol–water partition coefficient (Wildman–Crippen LogP) is 2.49. The summed E-state index contributed by atoms with van der Waals surface area (Å²) in [5.74, 6) is 2.71. The number of nitrogens with zero attached hydrogens (tertiary/aromatic N) is 4. The van der Waals surface area contributed by atoms with E-state index in [1.54, 1.807) is 7.11 Å². The summed E-state index contributed by atoms with van der Waals surface area (Å²) >= 11 is 0. The number of likely N-dealkylation sites (tertiary alicyclic amines) is 1. The fourth-order valence-corrected chi connectivity index (χ4v) is 3.91. The molecule has 1 aromatic carbocycles. The highest BCUT2D eigenvalue weighted by atomic mass is 16.5. The lowest BCUT2D eigenvalue weighted by molar-refractivity contribution is -0.0264. The summed E-state index contributed by atoms with van der Waals surface area (Å²) in [6.07, 6.45) is 2.05. The van der Waals surface area contributed by atoms with E-state index in [-0.39, 0.29) is 6.04 Å². The van der Waals surface area contributed by atoms with Gasteiger partial charge in [0.15, 0.2) is 0 Å². The van der Waals surface area contributed by atoms with Gasteiger partial charge in [0.2, 0.25) is 0 Å². The normalized spacial score (nSPS) is 20.6. The maximum atomic E-state index is 11.3. The van der Waals surface area contributed by atoms with Crippen LogP contribution in [0, 0.1) is 6.92 Å². The van der Waals surface area contributed by atoms with Gasteiger partial charge in [-0.15, -0.1) is 10.2 Å². The van der Waals surface area contributed by atoms with Gasteiger partial charge in [-0.25, -0.2) is 0 Å². The first-order valence-corrected chi connectivity index (χ1v) is 8.97. The Morgan fingerprint density at radius 1 is 1.28 bits per heavy atom. The Morgan fingerprint density at radius 2 is 2.00 bits per heavy atom. The van der Waals surface area contributed by atoms with Gasteiger partial charge >= 0.3 is 0 Å². The fourth-order valence-electron chi connectivity index (χ4n) is 3.91. The highest BCUT2D eigenvalue weighted by molar-refractivity contribution is 5.31. The van der Waals surface area contributed by atoms with Crippen LogP contribution in [0.5, 0.6) is 5.75 Å². The number of hydrogen-bond donors (Lipinski definition) is 1. The molecule has 6 heteroatoms. The first kappa shape index (κ1) is 17.9. The van der Waals surface area contributed by atoms with E-state index in [1.807, 2.05) is 38.1 Å². The highest BCUT2D eigenvalue weighted by Gasteiger charge is 2.40. The Kier molecular flexibility index (Phi) is 5.11. The van der Waals surface area contributed by atoms with Crippen molar-refractivity contribution in [3.63, 3.8) is 0 Å². The van der Waals surface area contributed by atoms with Gasteiger partial charge in [-0.05, 0) is 57.9 Å². The van der Waals surface area contributed by atoms with Crippen LogP contribution in [0.15, 0.2) is 24.3 Å². The zero-order valence-corrected chi connectivity index (χ0v) is 15.6. The van der Waals surface area contributed by atoms with E-state index in [0.717, 1.165) is 48.9 Å². The summed E-state index contributed by atoms with van der Waals surface area (Å²) in [6, 6.07) is 7.77. The maximum absolute atomic E-state index is 11.3. The predicted molar refractivity (Wildman–Crippen MR) is 96.4 cm³/mol. The Morgan fingerprint density at radius 3 is 2.64 bits per heavy atom. The van der Waals surface area contributed by atoms with Crippen LogP contribution < -0.4 is 4.74 Å². The standard InChI is InChI=1S/C19H28N4O2/c1-5-23-14(2)20-21-18(23)13-22-12-6-7-17(22)19(3,24)15-8-10-16(25-4)11-9-15/h8-11,17,24H,5-7,12-13H2,1-4H3/t17-,19+/m0/s1. The van der Waals surface area contributed by atoms with Gasteiger partial charge in [0.25, 0.3) is 0 Å². The van der Waals surface area contributed by atoms with Crippen molar-refractivity contribution in [1.29, 1.82) is 0 Å². The van der Waals surface area contributed by atoms with Crippen LogP contribution in [0.25, 0.3) is 0 Å². The van der Waals surface area contributed by atoms with Crippen molar-refractivity contribution in [3.8, 4) is 5.75 Å². The number of hydrogen-bond acceptors (Lipinski definition) is 5. The lowest BCUT2D eigenvalue weighted by Crippen LogP contribution is -2.45. The molecule has 2 atom stereocenters. The van der Waals surface area contributed by atoms with Crippen LogP contribution >= 0.6 is 0 Å². The van der Waals surface area contributed by atoms with Crippen molar-refractivity contribution < 1.29 is 9.84 Å². The van der Waals surface area contributed by atoms with E-state index in [0.29, 0.717) is 6.54 Å². The topological polar surface area (TPSA) is 63.4 Å². The molecule has 1 N–H and O–H groups in total. The summed E-state index contributed by atoms with van der Waals surface area (Å²) in [7, 11) is 1.65. The minimum absolute atomic E-state index is 0.0585. The maximum Gasteiger partial charge on any atom is 0.147 e. The number of aryl methyl sites for hydroxylation is 1. The number of benzene rings is 1. The third-order valence-corrected chi connectivity index (χ3v) is 5.36. The lowest BCUT2D eigenvalue weighted by atomic mass is 9.86. The van der Waals surface area contributed by atoms with E-state index >= 15 is 0 Å². The van der Waals surface area contributed by atoms with Crippen molar-refractivity contribution in [3.05, 3.63) is 41.5 Å². The third-order valence-electron chi connectivity index (χ3n) is 5.36. The highest BCUT2D eigenvalue weighted by Crippen LogP contribution is 2.36. The molecule has 1 saturated heterocycles. The summed E-state index contributed by atoms with van der Waals surface area (Å²) < 4.78 is 7.36. The third kappa shape index (κ3) is 3.41. The molecule has 25 heavy (non-hydrogen) atoms. The van der Waals surface area contributed by atoms with Crippen molar-refractivity contribution in [1.82, 2.24) is 19.7 Å². The molecule has 0 unspecified atom stereocenters. The minimum Gasteiger partial charge on any atom is -0.497 e. The van der Waals surface area contributed by atoms with Crippen molar-refractivity contribution in [2.45, 2.75) is 58.3 Å². The van der Waals surface area contributed by atoms with E-state index in [4.69, 9.17) is 4.74 Å². The molecule has 1 aromatic heterocycles. The van der Waals surface area contributed by atoms with Crippen molar-refractivity contribution >= 4 is 0 Å². The van der Waals surface area contributed by atoms with Crippen LogP contribution in [0.4, 0.5) is 0 Å². The molecule has 0 aliphatic carbocycles. The van der Waals surface area contributed by atoms with E-state index in [1.165, 1.54) is 0 Å². The van der Waals surface area contributed by atoms with Crippen LogP contribution in [-0.4, -0.2) is 44.5 Å². The molecule has 0 radical (unpaired) electrons. The molecule has 0 amide bonds. The second-order valence-electron chi connectivity index (χ2n) is 6.91. The number of rotatable bonds is 6. The van der Waals surface area contributed by atoms with Crippen LogP contribution in [0.3, 0.4) is 0 Å². The number of ether oxygens (including phenoxy) is 1. The molecule has 0 bridgehead atoms. The van der Waals surface area contributed by atoms with Crippen LogP contribution in [0.1, 0.15) is 43.9 Å². The number of aromatic nitrogens is 3. The van der Waals surface area contributed by atoms with Crippen molar-refractivity contribution in [2.24, 2.45) is 0 Å². The van der Waals surface area contributed by atoms with Crippen LogP contribution in [-0.2, 0) is 18.7 Å². The van der Waals surface area contributed by atoms with Gasteiger partial charge in [0, 0.05) is 12.6 Å². The average molecular weight is 344 g/mol. The van der Waals surface area contributed by atoms with Gasteiger partial charge in [-0.1, -0.05) is 12.1 Å². The lowest BCUT2D eigenvalue weighted by Gasteiger charge is -2.37. The molecule has 1 aliphatic heterocycles. The first-order chi connectivity index (χ1) is 12.0. The average Bonchev–Trinajstić information content (AvgIpc) is 3.22. The van der Waals surface area contributed by atoms with E-state index in [2.05, 4.69) is 26.6 Å². The SMILES string of the molecule is CCn1c(C)nnc1CN1CCC[C@H]1[C@](C)(O)c1ccc(OC)cc1. The monoisotopic (exact) mass is 344 g/mol. The van der Waals surface area contributed by atoms with Gasteiger partial charge in [-0.2, -0.15) is 0 Å². The summed E-state index contributed by atoms with van der Waals surface area (Å²) in [5, 5.41) is 19.8. The quantitative estimate of drug-likeness (QED) is 0.872. The largest absolute Gasteiger partial charge is 0.497 e. The molecule has 0 saturated carbocycles. The van der Waals surface area contributed by atoms with Gasteiger partial charge in [0.05, 0.1) is 13.7 Å². The number of aliphatic hydroxyl groups is 1. The molecular formula is C19H28N4O2. The smallest absolute Gasteiger partial charge is 0.147 e. The molecule has 1 aliphatic rings. The molecule has 2 heterocycles. The zero-order chi connectivity index (χ0) is 18.0. The summed E-state index contributed by atoms with van der Waals surface area (Å²) in [5.41, 5.74) is -0.00662. The molecule has 0 spiro atoms. The Hall–Kier alpha value is -1.92. The second-order valence-corrected chi connectivity index (χ2v) is 6.91. The van der Waals surface area contributed by atoms with Gasteiger partial charge < -0.3 is 14.4 Å². The first-order valence-electron chi connectivity index (χ1n) is 8.97. The Bertz CT molecular complexity index is 709. The second kappa shape index (κ2) is 7.14.